The number of ketones is 2. The van der Waals surface area contributed by atoms with Crippen molar-refractivity contribution >= 4 is 23.5 Å². The van der Waals surface area contributed by atoms with Crippen LogP contribution in [-0.2, 0) is 28.7 Å². The summed E-state index contributed by atoms with van der Waals surface area (Å²) in [5, 5.41) is 0. The van der Waals surface area contributed by atoms with Gasteiger partial charge in [-0.15, -0.1) is 0 Å². The first-order valence-corrected chi connectivity index (χ1v) is 9.66. The number of rotatable bonds is 2. The van der Waals surface area contributed by atoms with Gasteiger partial charge in [0.25, 0.3) is 0 Å². The Balaban J connectivity index is 1.92. The van der Waals surface area contributed by atoms with Crippen molar-refractivity contribution < 1.29 is 28.7 Å². The van der Waals surface area contributed by atoms with E-state index in [1.54, 1.807) is 19.9 Å². The molecular weight excluding hydrogens is 348 g/mol. The van der Waals surface area contributed by atoms with Crippen molar-refractivity contribution in [2.75, 3.05) is 13.7 Å². The first kappa shape index (κ1) is 18.4. The number of Topliss-reactive ketones (excluding diaryl/α,β-unsaturated/α-hetero) is 1. The summed E-state index contributed by atoms with van der Waals surface area (Å²) in [5.74, 6) is -2.31. The number of allylic oxidation sites excluding steroid dienone is 1. The predicted octanol–water partition coefficient (Wildman–Crippen LogP) is 2.11. The summed E-state index contributed by atoms with van der Waals surface area (Å²) in [5.41, 5.74) is -3.04. The molecule has 1 aliphatic heterocycles. The molecule has 4 rings (SSSR count). The molecule has 0 radical (unpaired) electrons. The molecule has 4 aliphatic rings. The van der Waals surface area contributed by atoms with Gasteiger partial charge in [-0.2, -0.15) is 0 Å². The molecule has 0 unspecified atom stereocenters. The van der Waals surface area contributed by atoms with E-state index in [2.05, 4.69) is 0 Å². The second-order valence-electron chi connectivity index (χ2n) is 9.28. The van der Waals surface area contributed by atoms with E-state index < -0.39 is 40.0 Å². The first-order chi connectivity index (χ1) is 12.6. The fourth-order valence-corrected chi connectivity index (χ4v) is 6.54. The van der Waals surface area contributed by atoms with E-state index in [0.717, 1.165) is 6.42 Å². The van der Waals surface area contributed by atoms with Gasteiger partial charge in [-0.25, -0.2) is 0 Å². The zero-order valence-electron chi connectivity index (χ0n) is 16.2. The minimum atomic E-state index is -1.26. The van der Waals surface area contributed by atoms with Crippen LogP contribution >= 0.6 is 0 Å². The zero-order valence-corrected chi connectivity index (χ0v) is 16.2. The lowest BCUT2D eigenvalue weighted by atomic mass is 9.48. The third-order valence-electron chi connectivity index (χ3n) is 7.90. The molecule has 146 valence electrons. The number of esters is 2. The molecule has 0 aromatic rings. The summed E-state index contributed by atoms with van der Waals surface area (Å²) >= 11 is 0. The van der Waals surface area contributed by atoms with Crippen LogP contribution in [0.1, 0.15) is 40.0 Å². The van der Waals surface area contributed by atoms with Crippen molar-refractivity contribution in [2.24, 2.45) is 39.9 Å². The minimum Gasteiger partial charge on any atom is -0.468 e. The summed E-state index contributed by atoms with van der Waals surface area (Å²) < 4.78 is 10.6. The third-order valence-corrected chi connectivity index (χ3v) is 7.90. The highest BCUT2D eigenvalue weighted by Crippen LogP contribution is 2.66. The van der Waals surface area contributed by atoms with E-state index in [9.17, 15) is 19.2 Å². The number of fused-ring (bicyclic) bond motifs is 3. The molecular formula is C21H26O6. The van der Waals surface area contributed by atoms with Crippen molar-refractivity contribution in [2.45, 2.75) is 40.0 Å². The van der Waals surface area contributed by atoms with Gasteiger partial charge in [-0.1, -0.05) is 26.8 Å². The smallest absolute Gasteiger partial charge is 0.319 e. The lowest BCUT2D eigenvalue weighted by molar-refractivity contribution is -0.169. The number of methoxy groups -OCH3 is 1. The Morgan fingerprint density at radius 1 is 1.22 bits per heavy atom. The van der Waals surface area contributed by atoms with Gasteiger partial charge in [0, 0.05) is 16.7 Å². The fraction of sp³-hybridized carbons (Fsp3) is 0.714. The van der Waals surface area contributed by atoms with Crippen LogP contribution in [0.15, 0.2) is 12.2 Å². The van der Waals surface area contributed by atoms with Crippen LogP contribution in [0.5, 0.6) is 0 Å². The SMILES string of the molecule is COC(=O)[C@@]12C[C@@H](CC[C@H]1[C@]13C=CC(=O)C(C)(C)[C@H]1C(=O)OC3)[C@@H](C)C2=O. The van der Waals surface area contributed by atoms with E-state index in [1.807, 2.05) is 6.92 Å². The largest absolute Gasteiger partial charge is 0.468 e. The Labute approximate surface area is 158 Å². The van der Waals surface area contributed by atoms with E-state index in [0.29, 0.717) is 12.8 Å². The van der Waals surface area contributed by atoms with Crippen LogP contribution in [0, 0.1) is 39.9 Å². The quantitative estimate of drug-likeness (QED) is 0.543. The van der Waals surface area contributed by atoms with Gasteiger partial charge < -0.3 is 9.47 Å². The van der Waals surface area contributed by atoms with Crippen LogP contribution in [-0.4, -0.2) is 37.2 Å². The van der Waals surface area contributed by atoms with Crippen LogP contribution in [0.3, 0.4) is 0 Å². The summed E-state index contributed by atoms with van der Waals surface area (Å²) in [6.07, 6.45) is 5.18. The Hall–Kier alpha value is -1.98. The second kappa shape index (κ2) is 5.52. The third kappa shape index (κ3) is 2.02. The maximum atomic E-state index is 13.3. The summed E-state index contributed by atoms with van der Waals surface area (Å²) in [7, 11) is 1.31. The van der Waals surface area contributed by atoms with Crippen LogP contribution < -0.4 is 0 Å². The van der Waals surface area contributed by atoms with E-state index in [-0.39, 0.29) is 30.0 Å². The monoisotopic (exact) mass is 374 g/mol. The van der Waals surface area contributed by atoms with Crippen molar-refractivity contribution in [3.8, 4) is 0 Å². The summed E-state index contributed by atoms with van der Waals surface area (Å²) in [6, 6.07) is 0. The Morgan fingerprint density at radius 3 is 2.59 bits per heavy atom. The van der Waals surface area contributed by atoms with Gasteiger partial charge in [0.05, 0.1) is 13.0 Å². The lowest BCUT2D eigenvalue weighted by Crippen LogP contribution is -2.58. The maximum absolute atomic E-state index is 13.3. The average Bonchev–Trinajstić information content (AvgIpc) is 3.09. The molecule has 0 aromatic heterocycles. The molecule has 1 heterocycles. The molecule has 0 N–H and O–H groups in total. The fourth-order valence-electron chi connectivity index (χ4n) is 6.54. The molecule has 0 spiro atoms. The van der Waals surface area contributed by atoms with Gasteiger partial charge >= 0.3 is 11.9 Å². The molecule has 0 amide bonds. The van der Waals surface area contributed by atoms with E-state index in [4.69, 9.17) is 9.47 Å². The topological polar surface area (TPSA) is 86.7 Å². The highest BCUT2D eigenvalue weighted by Gasteiger charge is 2.72. The highest BCUT2D eigenvalue weighted by atomic mass is 16.5. The standard InChI is InChI=1S/C21H26O6/c1-11-12-5-6-13(21(9-12,16(11)23)18(25)26-4)20-8-7-14(22)19(2,3)15(20)17(24)27-10-20/h7-8,11-13,15H,5-6,9-10H2,1-4H3/t11-,12-,13+,15-,20-,21+/m1/s1. The normalized spacial score (nSPS) is 44.8. The number of ether oxygens (including phenoxy) is 2. The van der Waals surface area contributed by atoms with Gasteiger partial charge in [0.15, 0.2) is 11.6 Å². The van der Waals surface area contributed by atoms with Crippen molar-refractivity contribution in [1.82, 2.24) is 0 Å². The Kier molecular flexibility index (Phi) is 3.76. The van der Waals surface area contributed by atoms with Crippen molar-refractivity contribution in [3.05, 3.63) is 12.2 Å². The highest BCUT2D eigenvalue weighted by molar-refractivity contribution is 6.08. The van der Waals surface area contributed by atoms with Crippen LogP contribution in [0.25, 0.3) is 0 Å². The number of carbonyl (C=O) groups excluding carboxylic acids is 4. The molecule has 3 aliphatic carbocycles. The maximum Gasteiger partial charge on any atom is 0.319 e. The van der Waals surface area contributed by atoms with Crippen molar-refractivity contribution in [3.63, 3.8) is 0 Å². The van der Waals surface area contributed by atoms with E-state index in [1.165, 1.54) is 13.2 Å². The summed E-state index contributed by atoms with van der Waals surface area (Å²) in [6.45, 7) is 5.48. The van der Waals surface area contributed by atoms with Gasteiger partial charge in [0.2, 0.25) is 0 Å². The van der Waals surface area contributed by atoms with E-state index >= 15 is 0 Å². The van der Waals surface area contributed by atoms with Crippen LogP contribution in [0.2, 0.25) is 0 Å². The molecule has 6 nitrogen and oxygen atoms in total. The minimum absolute atomic E-state index is 0.0857. The lowest BCUT2D eigenvalue weighted by Gasteiger charge is -2.51. The first-order valence-electron chi connectivity index (χ1n) is 9.66. The van der Waals surface area contributed by atoms with Gasteiger partial charge in [0.1, 0.15) is 12.0 Å². The molecule has 6 heteroatoms. The molecule has 3 fully saturated rings. The number of carbonyl (C=O) groups is 4. The molecule has 2 saturated carbocycles. The number of cyclic esters (lactones) is 1. The predicted molar refractivity (Wildman–Crippen MR) is 94.3 cm³/mol. The zero-order chi connectivity index (χ0) is 19.8. The second-order valence-corrected chi connectivity index (χ2v) is 9.28. The number of hydrogen-bond donors (Lipinski definition) is 0. The molecule has 6 atom stereocenters. The number of hydrogen-bond acceptors (Lipinski definition) is 6. The Morgan fingerprint density at radius 2 is 1.93 bits per heavy atom. The van der Waals surface area contributed by atoms with Crippen molar-refractivity contribution in [1.29, 1.82) is 0 Å². The van der Waals surface area contributed by atoms with Gasteiger partial charge in [-0.05, 0) is 37.2 Å². The van der Waals surface area contributed by atoms with Gasteiger partial charge in [-0.3, -0.25) is 19.2 Å². The summed E-state index contributed by atoms with van der Waals surface area (Å²) in [4.78, 5) is 51.5. The average molecular weight is 374 g/mol. The molecule has 0 aromatic carbocycles. The molecule has 2 bridgehead atoms. The Bertz CT molecular complexity index is 780. The van der Waals surface area contributed by atoms with Crippen LogP contribution in [0.4, 0.5) is 0 Å². The molecule has 27 heavy (non-hydrogen) atoms. The molecule has 1 saturated heterocycles.